The summed E-state index contributed by atoms with van der Waals surface area (Å²) in [6.07, 6.45) is 1.05. The van der Waals surface area contributed by atoms with Gasteiger partial charge in [0.25, 0.3) is 0 Å². The maximum absolute atomic E-state index is 11.7. The second-order valence-electron chi connectivity index (χ2n) is 8.94. The number of rotatable bonds is 12. The van der Waals surface area contributed by atoms with Crippen molar-refractivity contribution in [1.29, 1.82) is 0 Å². The number of nitrogen functional groups attached to an aromatic ring is 1. The zero-order chi connectivity index (χ0) is 35.1. The van der Waals surface area contributed by atoms with Crippen molar-refractivity contribution in [2.45, 2.75) is 19.4 Å². The minimum atomic E-state index is -0.526. The number of nitrogens with one attached hydrogen (secondary N) is 1. The molecule has 2 aromatic carbocycles. The molecule has 0 saturated carbocycles. The molecule has 0 aliphatic carbocycles. The van der Waals surface area contributed by atoms with Crippen LogP contribution in [0.1, 0.15) is 22.5 Å². The molecule has 17 heteroatoms. The second kappa shape index (κ2) is 26.7. The van der Waals surface area contributed by atoms with Crippen LogP contribution in [-0.4, -0.2) is 102 Å². The molecule has 0 aliphatic heterocycles. The van der Waals surface area contributed by atoms with Crippen LogP contribution in [0, 0.1) is 0 Å². The van der Waals surface area contributed by atoms with E-state index in [1.807, 2.05) is 43.3 Å². The molecular weight excluding hydrogens is 681 g/mol. The van der Waals surface area contributed by atoms with Crippen molar-refractivity contribution in [1.82, 2.24) is 14.7 Å². The minimum absolute atomic E-state index is 0. The Bertz CT molecular complexity index is 1290. The first-order valence-electron chi connectivity index (χ1n) is 13.3. The van der Waals surface area contributed by atoms with E-state index in [0.717, 1.165) is 11.4 Å². The van der Waals surface area contributed by atoms with Crippen LogP contribution in [0.25, 0.3) is 5.69 Å². The lowest BCUT2D eigenvalue weighted by Gasteiger charge is -2.19. The molecule has 0 amide bonds. The number of benzene rings is 2. The van der Waals surface area contributed by atoms with Gasteiger partial charge in [-0.15, -0.1) is 12.4 Å². The van der Waals surface area contributed by atoms with Crippen LogP contribution in [0.5, 0.6) is 0 Å². The third kappa shape index (κ3) is 18.6. The average Bonchev–Trinajstić information content (AvgIpc) is 3.46. The predicted octanol–water partition coefficient (Wildman–Crippen LogP) is 4.40. The zero-order valence-electron chi connectivity index (χ0n) is 27.7. The summed E-state index contributed by atoms with van der Waals surface area (Å²) >= 11 is 11.4. The van der Waals surface area contributed by atoms with E-state index >= 15 is 0 Å². The van der Waals surface area contributed by atoms with Gasteiger partial charge in [-0.2, -0.15) is 5.10 Å². The normalized spacial score (nSPS) is 9.81. The number of methoxy groups -OCH3 is 6. The number of halogens is 3. The topological polar surface area (TPSA) is 166 Å². The molecule has 0 saturated heterocycles. The molecule has 0 bridgehead atoms. The highest BCUT2D eigenvalue weighted by molar-refractivity contribution is 6.30. The van der Waals surface area contributed by atoms with Crippen molar-refractivity contribution in [3.8, 4) is 5.69 Å². The summed E-state index contributed by atoms with van der Waals surface area (Å²) in [5.74, 6) is 3.87. The van der Waals surface area contributed by atoms with E-state index < -0.39 is 11.9 Å². The first-order chi connectivity index (χ1) is 21.9. The standard InChI is InChI=1S/C13H13ClN2O3.C6H7ClN2.C6H10O4.C5H13NO2.ClH/c1-18-8-12-11(13(17)19-2)7-15-16(12)10-5-3-9(14)4-6-10;7-5-1-3-6(9-8)4-2-5;1-9-4-5(7)3-6(8)10-2;1-6(2)5(7-3)8-4;/h3-7H,8H2,1-2H3;1-4,9H,8H2;3-4H2,1-2H3;5H,1-4H3;1H. The highest BCUT2D eigenvalue weighted by atomic mass is 35.5. The summed E-state index contributed by atoms with van der Waals surface area (Å²) < 4.78 is 29.9. The Morgan fingerprint density at radius 1 is 0.872 bits per heavy atom. The summed E-state index contributed by atoms with van der Waals surface area (Å²) in [7, 11) is 12.5. The molecule has 0 spiro atoms. The van der Waals surface area contributed by atoms with Crippen molar-refractivity contribution in [2.75, 3.05) is 68.8 Å². The fraction of sp³-hybridized carbons (Fsp3) is 0.400. The number of ketones is 1. The first kappa shape index (κ1) is 45.8. The number of carbonyl (C=O) groups excluding carboxylic acids is 3. The summed E-state index contributed by atoms with van der Waals surface area (Å²) in [4.78, 5) is 34.5. The van der Waals surface area contributed by atoms with Crippen LogP contribution in [0.3, 0.4) is 0 Å². The lowest BCUT2D eigenvalue weighted by molar-refractivity contribution is -0.179. The third-order valence-corrected chi connectivity index (χ3v) is 5.84. The molecule has 3 aromatic rings. The van der Waals surface area contributed by atoms with Gasteiger partial charge >= 0.3 is 11.9 Å². The van der Waals surface area contributed by atoms with Gasteiger partial charge < -0.3 is 33.8 Å². The molecule has 0 atom stereocenters. The molecule has 1 aromatic heterocycles. The van der Waals surface area contributed by atoms with Gasteiger partial charge in [0, 0.05) is 44.2 Å². The van der Waals surface area contributed by atoms with Gasteiger partial charge in [0.2, 0.25) is 6.41 Å². The number of Topliss-reactive ketones (excluding diaryl/α,β-unsaturated/α-hetero) is 1. The Kier molecular flexibility index (Phi) is 26.0. The van der Waals surface area contributed by atoms with Gasteiger partial charge in [0.15, 0.2) is 5.78 Å². The molecule has 0 fully saturated rings. The molecule has 3 N–H and O–H groups in total. The van der Waals surface area contributed by atoms with E-state index in [4.69, 9.17) is 48.0 Å². The number of aromatic nitrogens is 2. The molecule has 264 valence electrons. The summed E-state index contributed by atoms with van der Waals surface area (Å²) in [5.41, 5.74) is 5.18. The predicted molar refractivity (Wildman–Crippen MR) is 182 cm³/mol. The lowest BCUT2D eigenvalue weighted by atomic mass is 10.2. The quantitative estimate of drug-likeness (QED) is 0.0889. The molecule has 3 rings (SSSR count). The SMILES string of the molecule is COC(OC)N(C)C.COCC(=O)CC(=O)OC.COCc1c(C(=O)OC)cnn1-c1ccc(Cl)cc1.Cl.NNc1ccc(Cl)cc1. The largest absolute Gasteiger partial charge is 0.469 e. The molecule has 1 heterocycles. The molecule has 0 aliphatic rings. The van der Waals surface area contributed by atoms with Gasteiger partial charge in [0.1, 0.15) is 18.6 Å². The van der Waals surface area contributed by atoms with E-state index in [-0.39, 0.29) is 44.2 Å². The number of hydrazine groups is 1. The molecule has 14 nitrogen and oxygen atoms in total. The zero-order valence-corrected chi connectivity index (χ0v) is 30.0. The third-order valence-electron chi connectivity index (χ3n) is 5.34. The smallest absolute Gasteiger partial charge is 0.341 e. The highest BCUT2D eigenvalue weighted by Crippen LogP contribution is 2.19. The minimum Gasteiger partial charge on any atom is -0.469 e. The average molecular weight is 725 g/mol. The van der Waals surface area contributed by atoms with Crippen LogP contribution in [0.15, 0.2) is 54.7 Å². The number of nitrogens with zero attached hydrogens (tertiary/aromatic N) is 3. The van der Waals surface area contributed by atoms with Crippen molar-refractivity contribution < 1.29 is 42.8 Å². The summed E-state index contributed by atoms with van der Waals surface area (Å²) in [6.45, 7) is 0.224. The van der Waals surface area contributed by atoms with Crippen molar-refractivity contribution >= 4 is 59.0 Å². The van der Waals surface area contributed by atoms with E-state index in [9.17, 15) is 14.4 Å². The van der Waals surface area contributed by atoms with Crippen LogP contribution in [0.2, 0.25) is 10.0 Å². The Balaban J connectivity index is 0. The number of ether oxygens (including phenoxy) is 6. The highest BCUT2D eigenvalue weighted by Gasteiger charge is 2.18. The molecular formula is C30H44Cl3N5O9. The van der Waals surface area contributed by atoms with Crippen molar-refractivity contribution in [3.63, 3.8) is 0 Å². The Labute approximate surface area is 291 Å². The number of nitrogens with two attached hydrogens (primary N) is 1. The van der Waals surface area contributed by atoms with Gasteiger partial charge in [-0.05, 0) is 62.6 Å². The van der Waals surface area contributed by atoms with E-state index in [1.54, 1.807) is 50.3 Å². The number of esters is 2. The van der Waals surface area contributed by atoms with E-state index in [2.05, 4.69) is 20.0 Å². The maximum Gasteiger partial charge on any atom is 0.341 e. The van der Waals surface area contributed by atoms with Crippen LogP contribution >= 0.6 is 35.6 Å². The van der Waals surface area contributed by atoms with Crippen molar-refractivity contribution in [2.24, 2.45) is 5.84 Å². The first-order valence-corrected chi connectivity index (χ1v) is 14.1. The summed E-state index contributed by atoms with van der Waals surface area (Å²) in [5, 5.41) is 5.55. The monoisotopic (exact) mass is 723 g/mol. The molecule has 47 heavy (non-hydrogen) atoms. The number of hydrogen-bond donors (Lipinski definition) is 2. The van der Waals surface area contributed by atoms with Crippen LogP contribution in [-0.2, 0) is 44.6 Å². The number of hydrogen-bond acceptors (Lipinski definition) is 13. The fourth-order valence-corrected chi connectivity index (χ4v) is 3.50. The Hall–Kier alpha value is -3.31. The Morgan fingerprint density at radius 2 is 1.40 bits per heavy atom. The fourth-order valence-electron chi connectivity index (χ4n) is 3.24. The number of anilines is 1. The van der Waals surface area contributed by atoms with Crippen molar-refractivity contribution in [3.05, 3.63) is 76.0 Å². The van der Waals surface area contributed by atoms with Gasteiger partial charge in [-0.25, -0.2) is 9.48 Å². The van der Waals surface area contributed by atoms with E-state index in [1.165, 1.54) is 27.5 Å². The second-order valence-corrected chi connectivity index (χ2v) is 9.81. The molecule has 0 radical (unpaired) electrons. The maximum atomic E-state index is 11.7. The van der Waals surface area contributed by atoms with E-state index in [0.29, 0.717) is 21.3 Å². The Morgan fingerprint density at radius 3 is 1.79 bits per heavy atom. The lowest BCUT2D eigenvalue weighted by Crippen LogP contribution is -2.30. The van der Waals surface area contributed by atoms with Gasteiger partial charge in [-0.1, -0.05) is 23.2 Å². The summed E-state index contributed by atoms with van der Waals surface area (Å²) in [6, 6.07) is 14.3. The number of carbonyl (C=O) groups is 3. The molecule has 0 unspecified atom stereocenters. The van der Waals surface area contributed by atoms with Gasteiger partial charge in [-0.3, -0.25) is 20.3 Å². The van der Waals surface area contributed by atoms with Crippen LogP contribution in [0.4, 0.5) is 5.69 Å². The van der Waals surface area contributed by atoms with Crippen LogP contribution < -0.4 is 11.3 Å². The van der Waals surface area contributed by atoms with Gasteiger partial charge in [0.05, 0.1) is 38.4 Å².